The zero-order valence-electron chi connectivity index (χ0n) is 10.5. The predicted octanol–water partition coefficient (Wildman–Crippen LogP) is 1.36. The highest BCUT2D eigenvalue weighted by molar-refractivity contribution is 5.80. The number of methoxy groups -OCH3 is 1. The quantitative estimate of drug-likeness (QED) is 0.497. The lowest BCUT2D eigenvalue weighted by atomic mass is 10.2. The summed E-state index contributed by atoms with van der Waals surface area (Å²) in [6.07, 6.45) is 6.43. The van der Waals surface area contributed by atoms with E-state index in [9.17, 15) is 0 Å². The van der Waals surface area contributed by atoms with Crippen molar-refractivity contribution in [3.8, 4) is 11.5 Å². The summed E-state index contributed by atoms with van der Waals surface area (Å²) >= 11 is 0. The van der Waals surface area contributed by atoms with E-state index in [1.165, 1.54) is 6.21 Å². The van der Waals surface area contributed by atoms with E-state index in [0.717, 1.165) is 11.3 Å². The highest BCUT2D eigenvalue weighted by Gasteiger charge is 2.05. The van der Waals surface area contributed by atoms with Gasteiger partial charge in [0, 0.05) is 12.4 Å². The molecule has 2 aromatic rings. The van der Waals surface area contributed by atoms with Crippen molar-refractivity contribution in [2.24, 2.45) is 10.9 Å². The van der Waals surface area contributed by atoms with Crippen molar-refractivity contribution >= 4 is 6.21 Å². The molecule has 2 N–H and O–H groups in total. The zero-order chi connectivity index (χ0) is 13.5. The molecule has 98 valence electrons. The maximum absolute atomic E-state index is 5.64. The predicted molar refractivity (Wildman–Crippen MR) is 71.1 cm³/mol. The molecule has 0 spiro atoms. The number of nitrogens with zero attached hydrogens (tertiary/aromatic N) is 3. The molecule has 2 rings (SSSR count). The Bertz CT molecular complexity index is 558. The molecule has 0 fully saturated rings. The van der Waals surface area contributed by atoms with Crippen molar-refractivity contribution in [3.63, 3.8) is 0 Å². The summed E-state index contributed by atoms with van der Waals surface area (Å²) in [5.74, 6) is 6.35. The minimum atomic E-state index is 0.328. The van der Waals surface area contributed by atoms with Crippen LogP contribution in [0.5, 0.6) is 11.5 Å². The van der Waals surface area contributed by atoms with Crippen LogP contribution >= 0.6 is 0 Å². The third-order valence-corrected chi connectivity index (χ3v) is 2.40. The Hall–Kier alpha value is -2.63. The summed E-state index contributed by atoms with van der Waals surface area (Å²) in [6.45, 7) is 0.328. The van der Waals surface area contributed by atoms with Crippen LogP contribution in [0.4, 0.5) is 0 Å². The molecular weight excluding hydrogens is 244 g/mol. The maximum atomic E-state index is 5.64. The second kappa shape index (κ2) is 6.34. The second-order valence-corrected chi connectivity index (χ2v) is 3.67. The van der Waals surface area contributed by atoms with Crippen LogP contribution in [-0.4, -0.2) is 23.3 Å². The molecule has 0 saturated carbocycles. The molecule has 0 saturated heterocycles. The van der Waals surface area contributed by atoms with Crippen LogP contribution in [0.2, 0.25) is 0 Å². The average molecular weight is 258 g/mol. The zero-order valence-corrected chi connectivity index (χ0v) is 10.5. The summed E-state index contributed by atoms with van der Waals surface area (Å²) in [5.41, 5.74) is 1.59. The molecule has 0 aliphatic rings. The van der Waals surface area contributed by atoms with Gasteiger partial charge in [-0.3, -0.25) is 9.97 Å². The monoisotopic (exact) mass is 258 g/mol. The molecule has 0 unspecified atom stereocenters. The number of nitrogens with two attached hydrogens (primary N) is 1. The van der Waals surface area contributed by atoms with Gasteiger partial charge in [-0.2, -0.15) is 5.10 Å². The largest absolute Gasteiger partial charge is 0.493 e. The van der Waals surface area contributed by atoms with Crippen molar-refractivity contribution in [1.82, 2.24) is 9.97 Å². The van der Waals surface area contributed by atoms with E-state index in [1.54, 1.807) is 37.8 Å². The van der Waals surface area contributed by atoms with E-state index in [1.807, 2.05) is 6.07 Å². The van der Waals surface area contributed by atoms with Crippen molar-refractivity contribution in [2.45, 2.75) is 6.61 Å². The SMILES string of the molecule is COc1cc(C=NN)ccc1OCc1cnccn1. The first-order chi connectivity index (χ1) is 9.33. The van der Waals surface area contributed by atoms with Gasteiger partial charge in [-0.05, 0) is 23.8 Å². The van der Waals surface area contributed by atoms with Gasteiger partial charge < -0.3 is 15.3 Å². The lowest BCUT2D eigenvalue weighted by Crippen LogP contribution is -2.00. The molecule has 19 heavy (non-hydrogen) atoms. The van der Waals surface area contributed by atoms with Crippen LogP contribution in [0.1, 0.15) is 11.3 Å². The smallest absolute Gasteiger partial charge is 0.161 e. The Morgan fingerprint density at radius 2 is 2.21 bits per heavy atom. The lowest BCUT2D eigenvalue weighted by Gasteiger charge is -2.10. The molecule has 6 heteroatoms. The van der Waals surface area contributed by atoms with E-state index in [4.69, 9.17) is 15.3 Å². The number of hydrogen-bond acceptors (Lipinski definition) is 6. The second-order valence-electron chi connectivity index (χ2n) is 3.67. The number of hydrazone groups is 1. The first-order valence-electron chi connectivity index (χ1n) is 5.62. The van der Waals surface area contributed by atoms with Gasteiger partial charge in [-0.1, -0.05) is 0 Å². The van der Waals surface area contributed by atoms with Gasteiger partial charge in [0.2, 0.25) is 0 Å². The third-order valence-electron chi connectivity index (χ3n) is 2.40. The van der Waals surface area contributed by atoms with Crippen LogP contribution in [0, 0.1) is 0 Å². The molecule has 0 atom stereocenters. The highest BCUT2D eigenvalue weighted by Crippen LogP contribution is 2.28. The molecule has 1 aromatic heterocycles. The topological polar surface area (TPSA) is 82.6 Å². The van der Waals surface area contributed by atoms with Crippen LogP contribution in [0.25, 0.3) is 0 Å². The summed E-state index contributed by atoms with van der Waals surface area (Å²) in [4.78, 5) is 8.10. The van der Waals surface area contributed by atoms with Crippen molar-refractivity contribution < 1.29 is 9.47 Å². The Kier molecular flexibility index (Phi) is 4.28. The number of benzene rings is 1. The molecule has 0 amide bonds. The Labute approximate surface area is 110 Å². The van der Waals surface area contributed by atoms with Crippen LogP contribution in [0.3, 0.4) is 0 Å². The Morgan fingerprint density at radius 3 is 2.89 bits per heavy atom. The summed E-state index contributed by atoms with van der Waals surface area (Å²) in [6, 6.07) is 5.43. The third kappa shape index (κ3) is 3.41. The number of hydrogen-bond donors (Lipinski definition) is 1. The molecule has 6 nitrogen and oxygen atoms in total. The first kappa shape index (κ1) is 12.8. The molecule has 0 aliphatic heterocycles. The van der Waals surface area contributed by atoms with Crippen LogP contribution < -0.4 is 15.3 Å². The van der Waals surface area contributed by atoms with E-state index in [0.29, 0.717) is 18.1 Å². The summed E-state index contributed by atoms with van der Waals surface area (Å²) in [7, 11) is 1.58. The van der Waals surface area contributed by atoms with E-state index >= 15 is 0 Å². The van der Waals surface area contributed by atoms with Gasteiger partial charge in [0.25, 0.3) is 0 Å². The average Bonchev–Trinajstić information content (AvgIpc) is 2.47. The minimum absolute atomic E-state index is 0.328. The first-order valence-corrected chi connectivity index (χ1v) is 5.62. The Balaban J connectivity index is 2.11. The van der Waals surface area contributed by atoms with E-state index in [-0.39, 0.29) is 0 Å². The lowest BCUT2D eigenvalue weighted by molar-refractivity contribution is 0.280. The Morgan fingerprint density at radius 1 is 1.32 bits per heavy atom. The maximum Gasteiger partial charge on any atom is 0.161 e. The van der Waals surface area contributed by atoms with Gasteiger partial charge in [0.05, 0.1) is 25.2 Å². The van der Waals surface area contributed by atoms with Crippen LogP contribution in [0.15, 0.2) is 41.9 Å². The molecule has 1 heterocycles. The minimum Gasteiger partial charge on any atom is -0.493 e. The van der Waals surface area contributed by atoms with E-state index < -0.39 is 0 Å². The number of rotatable bonds is 5. The fourth-order valence-electron chi connectivity index (χ4n) is 1.53. The van der Waals surface area contributed by atoms with Crippen molar-refractivity contribution in [2.75, 3.05) is 7.11 Å². The van der Waals surface area contributed by atoms with Gasteiger partial charge >= 0.3 is 0 Å². The van der Waals surface area contributed by atoms with Gasteiger partial charge in [0.1, 0.15) is 6.61 Å². The molecule has 0 radical (unpaired) electrons. The standard InChI is InChI=1S/C13H14N4O2/c1-18-13-6-10(7-17-14)2-3-12(13)19-9-11-8-15-4-5-16-11/h2-8H,9,14H2,1H3. The molecule has 0 aliphatic carbocycles. The van der Waals surface area contributed by atoms with Gasteiger partial charge in [-0.15, -0.1) is 0 Å². The number of ether oxygens (including phenoxy) is 2. The van der Waals surface area contributed by atoms with Gasteiger partial charge in [0.15, 0.2) is 11.5 Å². The molecule has 1 aromatic carbocycles. The summed E-state index contributed by atoms with van der Waals surface area (Å²) in [5, 5.41) is 3.46. The van der Waals surface area contributed by atoms with E-state index in [2.05, 4.69) is 15.1 Å². The van der Waals surface area contributed by atoms with Crippen molar-refractivity contribution in [3.05, 3.63) is 48.0 Å². The molecular formula is C13H14N4O2. The summed E-state index contributed by atoms with van der Waals surface area (Å²) < 4.78 is 10.9. The normalized spacial score (nSPS) is 10.6. The fraction of sp³-hybridized carbons (Fsp3) is 0.154. The van der Waals surface area contributed by atoms with Crippen molar-refractivity contribution in [1.29, 1.82) is 0 Å². The fourth-order valence-corrected chi connectivity index (χ4v) is 1.53. The number of aromatic nitrogens is 2. The molecule has 0 bridgehead atoms. The van der Waals surface area contributed by atoms with Crippen LogP contribution in [-0.2, 0) is 6.61 Å². The van der Waals surface area contributed by atoms with Gasteiger partial charge in [-0.25, -0.2) is 0 Å². The highest BCUT2D eigenvalue weighted by atomic mass is 16.5.